The number of nitrogens with one attached hydrogen (secondary N) is 1. The Morgan fingerprint density at radius 2 is 2.33 bits per heavy atom. The molecule has 5 N–H and O–H groups in total. The summed E-state index contributed by atoms with van der Waals surface area (Å²) in [5.41, 5.74) is 7.96. The zero-order chi connectivity index (χ0) is 7.11. The lowest BCUT2D eigenvalue weighted by Gasteiger charge is -2.10. The van der Waals surface area contributed by atoms with Crippen LogP contribution in [0.25, 0.3) is 0 Å². The normalized spacial score (nSPS) is 13.1. The van der Waals surface area contributed by atoms with E-state index >= 15 is 0 Å². The molecule has 0 amide bonds. The molecule has 0 fully saturated rings. The Bertz CT molecular complexity index is 72.7. The van der Waals surface area contributed by atoms with Crippen molar-refractivity contribution in [2.75, 3.05) is 6.54 Å². The highest BCUT2D eigenvalue weighted by Crippen LogP contribution is 1.94. The van der Waals surface area contributed by atoms with E-state index < -0.39 is 0 Å². The smallest absolute Gasteiger partial charge is 0.0256 e. The molecule has 0 aromatic rings. The summed E-state index contributed by atoms with van der Waals surface area (Å²) in [7, 11) is 0. The Morgan fingerprint density at radius 3 is 2.67 bits per heavy atom. The summed E-state index contributed by atoms with van der Waals surface area (Å²) in [6.45, 7) is 4.26. The van der Waals surface area contributed by atoms with Crippen molar-refractivity contribution < 1.29 is 0 Å². The molecule has 0 aromatic carbocycles. The quantitative estimate of drug-likeness (QED) is 0.272. The minimum Gasteiger partial charge on any atom is -0.330 e. The third-order valence-corrected chi connectivity index (χ3v) is 1.20. The van der Waals surface area contributed by atoms with Crippen LogP contribution in [-0.4, -0.2) is 12.6 Å². The van der Waals surface area contributed by atoms with Gasteiger partial charge in [-0.3, -0.25) is 11.3 Å². The molecule has 0 aliphatic carbocycles. The molecule has 54 valence electrons. The molecular weight excluding hydrogens is 114 g/mol. The molecule has 3 heteroatoms. The number of nitrogens with two attached hydrogens (primary N) is 2. The van der Waals surface area contributed by atoms with Crippen LogP contribution in [-0.2, 0) is 0 Å². The van der Waals surface area contributed by atoms with Crippen LogP contribution in [0.15, 0.2) is 12.7 Å². The second-order valence-corrected chi connectivity index (χ2v) is 1.97. The van der Waals surface area contributed by atoms with Crippen LogP contribution in [0.3, 0.4) is 0 Å². The predicted octanol–water partition coefficient (Wildman–Crippen LogP) is -0.257. The van der Waals surface area contributed by atoms with Gasteiger partial charge in [0.05, 0.1) is 0 Å². The minimum absolute atomic E-state index is 0.299. The molecule has 1 atom stereocenters. The van der Waals surface area contributed by atoms with Gasteiger partial charge in [-0.25, -0.2) is 0 Å². The second-order valence-electron chi connectivity index (χ2n) is 1.97. The van der Waals surface area contributed by atoms with Crippen LogP contribution in [0.2, 0.25) is 0 Å². The molecule has 0 aliphatic rings. The maximum atomic E-state index is 5.31. The first-order valence-electron chi connectivity index (χ1n) is 3.12. The first-order valence-corrected chi connectivity index (χ1v) is 3.12. The van der Waals surface area contributed by atoms with E-state index in [0.717, 1.165) is 12.8 Å². The summed E-state index contributed by atoms with van der Waals surface area (Å²) in [5.74, 6) is 5.19. The van der Waals surface area contributed by atoms with E-state index in [1.54, 1.807) is 0 Å². The summed E-state index contributed by atoms with van der Waals surface area (Å²) >= 11 is 0. The van der Waals surface area contributed by atoms with Crippen molar-refractivity contribution in [2.24, 2.45) is 11.6 Å². The van der Waals surface area contributed by atoms with Gasteiger partial charge in [-0.05, 0) is 19.4 Å². The molecule has 1 unspecified atom stereocenters. The predicted molar refractivity (Wildman–Crippen MR) is 39.6 cm³/mol. The lowest BCUT2D eigenvalue weighted by atomic mass is 10.1. The van der Waals surface area contributed by atoms with Gasteiger partial charge in [0.15, 0.2) is 0 Å². The van der Waals surface area contributed by atoms with E-state index in [-0.39, 0.29) is 0 Å². The summed E-state index contributed by atoms with van der Waals surface area (Å²) in [6.07, 6.45) is 3.62. The van der Waals surface area contributed by atoms with Gasteiger partial charge in [0.2, 0.25) is 0 Å². The Kier molecular flexibility index (Phi) is 5.51. The van der Waals surface area contributed by atoms with Gasteiger partial charge in [-0.1, -0.05) is 6.08 Å². The van der Waals surface area contributed by atoms with E-state index in [2.05, 4.69) is 12.0 Å². The van der Waals surface area contributed by atoms with E-state index in [4.69, 9.17) is 11.6 Å². The van der Waals surface area contributed by atoms with Gasteiger partial charge < -0.3 is 5.73 Å². The lowest BCUT2D eigenvalue weighted by Crippen LogP contribution is -2.36. The maximum Gasteiger partial charge on any atom is 0.0256 e. The summed E-state index contributed by atoms with van der Waals surface area (Å²) in [5, 5.41) is 0. The Hall–Kier alpha value is -0.380. The van der Waals surface area contributed by atoms with Crippen molar-refractivity contribution >= 4 is 0 Å². The maximum absolute atomic E-state index is 5.31. The summed E-state index contributed by atoms with van der Waals surface area (Å²) in [4.78, 5) is 0. The molecule has 0 radical (unpaired) electrons. The van der Waals surface area contributed by atoms with Crippen molar-refractivity contribution in [1.82, 2.24) is 5.43 Å². The standard InChI is InChI=1S/C6H15N3/c1-2-3-6(9-8)4-5-7/h2,6,9H,1,3-5,7-8H2. The first-order chi connectivity index (χ1) is 4.35. The molecule has 0 aliphatic heterocycles. The molecule has 0 rings (SSSR count). The number of hydrogen-bond acceptors (Lipinski definition) is 3. The van der Waals surface area contributed by atoms with Gasteiger partial charge in [0.1, 0.15) is 0 Å². The highest BCUT2D eigenvalue weighted by Gasteiger charge is 1.99. The van der Waals surface area contributed by atoms with Crippen LogP contribution in [0.1, 0.15) is 12.8 Å². The van der Waals surface area contributed by atoms with Crippen molar-refractivity contribution in [3.05, 3.63) is 12.7 Å². The monoisotopic (exact) mass is 129 g/mol. The first kappa shape index (κ1) is 8.62. The largest absolute Gasteiger partial charge is 0.330 e. The third-order valence-electron chi connectivity index (χ3n) is 1.20. The molecule has 9 heavy (non-hydrogen) atoms. The Morgan fingerprint density at radius 1 is 1.67 bits per heavy atom. The van der Waals surface area contributed by atoms with Crippen molar-refractivity contribution in [3.8, 4) is 0 Å². The molecule has 0 saturated carbocycles. The average molecular weight is 129 g/mol. The fourth-order valence-corrected chi connectivity index (χ4v) is 0.672. The highest BCUT2D eigenvalue weighted by molar-refractivity contribution is 4.76. The Labute approximate surface area is 56.1 Å². The molecule has 0 bridgehead atoms. The van der Waals surface area contributed by atoms with Crippen LogP contribution < -0.4 is 17.0 Å². The van der Waals surface area contributed by atoms with Crippen LogP contribution in [0.4, 0.5) is 0 Å². The average Bonchev–Trinajstić information content (AvgIpc) is 1.88. The van der Waals surface area contributed by atoms with E-state index in [0.29, 0.717) is 12.6 Å². The van der Waals surface area contributed by atoms with E-state index in [1.807, 2.05) is 6.08 Å². The number of hydrazine groups is 1. The van der Waals surface area contributed by atoms with E-state index in [9.17, 15) is 0 Å². The summed E-state index contributed by atoms with van der Waals surface area (Å²) < 4.78 is 0. The van der Waals surface area contributed by atoms with Crippen LogP contribution >= 0.6 is 0 Å². The van der Waals surface area contributed by atoms with Crippen LogP contribution in [0, 0.1) is 0 Å². The molecule has 0 heterocycles. The minimum atomic E-state index is 0.299. The topological polar surface area (TPSA) is 64.1 Å². The Balaban J connectivity index is 3.28. The molecule has 0 spiro atoms. The molecule has 0 aromatic heterocycles. The van der Waals surface area contributed by atoms with Gasteiger partial charge >= 0.3 is 0 Å². The molecule has 3 nitrogen and oxygen atoms in total. The number of hydrogen-bond donors (Lipinski definition) is 3. The fourth-order valence-electron chi connectivity index (χ4n) is 0.672. The third kappa shape index (κ3) is 4.14. The molecule has 0 saturated heterocycles. The van der Waals surface area contributed by atoms with Crippen molar-refractivity contribution in [1.29, 1.82) is 0 Å². The zero-order valence-electron chi connectivity index (χ0n) is 5.64. The van der Waals surface area contributed by atoms with Gasteiger partial charge in [-0.15, -0.1) is 6.58 Å². The van der Waals surface area contributed by atoms with Gasteiger partial charge in [-0.2, -0.15) is 0 Å². The van der Waals surface area contributed by atoms with E-state index in [1.165, 1.54) is 0 Å². The SMILES string of the molecule is C=CCC(CCN)NN. The van der Waals surface area contributed by atoms with Gasteiger partial charge in [0.25, 0.3) is 0 Å². The summed E-state index contributed by atoms with van der Waals surface area (Å²) in [6, 6.07) is 0.299. The second kappa shape index (κ2) is 5.75. The van der Waals surface area contributed by atoms with Crippen LogP contribution in [0.5, 0.6) is 0 Å². The van der Waals surface area contributed by atoms with Gasteiger partial charge in [0, 0.05) is 6.04 Å². The zero-order valence-corrected chi connectivity index (χ0v) is 5.64. The molecular formula is C6H15N3. The van der Waals surface area contributed by atoms with Crippen molar-refractivity contribution in [3.63, 3.8) is 0 Å². The highest BCUT2D eigenvalue weighted by atomic mass is 15.2. The fraction of sp³-hybridized carbons (Fsp3) is 0.667. The lowest BCUT2D eigenvalue weighted by molar-refractivity contribution is 0.505. The number of rotatable bonds is 5. The van der Waals surface area contributed by atoms with Crippen molar-refractivity contribution in [2.45, 2.75) is 18.9 Å².